The van der Waals surface area contributed by atoms with Gasteiger partial charge in [-0.05, 0) is 12.1 Å². The molecule has 0 bridgehead atoms. The number of pyridine rings is 1. The van der Waals surface area contributed by atoms with Crippen molar-refractivity contribution in [2.24, 2.45) is 0 Å². The zero-order valence-electron chi connectivity index (χ0n) is 9.09. The van der Waals surface area contributed by atoms with Crippen LogP contribution in [0.25, 0.3) is 0 Å². The van der Waals surface area contributed by atoms with Crippen LogP contribution in [-0.4, -0.2) is 20.9 Å². The second kappa shape index (κ2) is 5.28. The van der Waals surface area contributed by atoms with Gasteiger partial charge in [0.1, 0.15) is 12.0 Å². The van der Waals surface area contributed by atoms with Crippen LogP contribution in [0.15, 0.2) is 30.9 Å². The van der Waals surface area contributed by atoms with Gasteiger partial charge in [-0.1, -0.05) is 11.6 Å². The summed E-state index contributed by atoms with van der Waals surface area (Å²) in [6.45, 7) is 0. The van der Waals surface area contributed by atoms with E-state index < -0.39 is 0 Å². The Morgan fingerprint density at radius 1 is 1.39 bits per heavy atom. The number of nitrogens with two attached hydrogens (primary N) is 1. The average Bonchev–Trinajstić information content (AvgIpc) is 2.41. The van der Waals surface area contributed by atoms with Crippen molar-refractivity contribution in [2.75, 3.05) is 11.2 Å². The Morgan fingerprint density at radius 2 is 2.22 bits per heavy atom. The Hall–Kier alpha value is -2.41. The Kier molecular flexibility index (Phi) is 3.54. The molecule has 92 valence electrons. The number of carbonyl (C=O) groups excluding carboxylic acids is 1. The average molecular weight is 265 g/mol. The van der Waals surface area contributed by atoms with E-state index in [0.717, 1.165) is 0 Å². The molecule has 0 atom stereocenters. The maximum Gasteiger partial charge on any atom is 0.271 e. The van der Waals surface area contributed by atoms with Crippen molar-refractivity contribution in [3.63, 3.8) is 0 Å². The fourth-order valence-corrected chi connectivity index (χ4v) is 1.29. The molecule has 1 amide bonds. The molecular weight excluding hydrogens is 256 g/mol. The molecule has 0 aliphatic carbocycles. The van der Waals surface area contributed by atoms with Crippen molar-refractivity contribution in [1.29, 1.82) is 0 Å². The number of hydrogen-bond acceptors (Lipinski definition) is 6. The molecule has 2 aromatic rings. The summed E-state index contributed by atoms with van der Waals surface area (Å²) in [6, 6.07) is 3.28. The molecule has 2 aromatic heterocycles. The summed E-state index contributed by atoms with van der Waals surface area (Å²) in [6.07, 6.45) is 4.25. The molecule has 18 heavy (non-hydrogen) atoms. The van der Waals surface area contributed by atoms with E-state index in [2.05, 4.69) is 25.8 Å². The first kappa shape index (κ1) is 12.1. The highest BCUT2D eigenvalue weighted by Crippen LogP contribution is 2.20. The molecular formula is C10H9ClN6O. The molecule has 2 heterocycles. The molecule has 0 aliphatic heterocycles. The Bertz CT molecular complexity index is 562. The lowest BCUT2D eigenvalue weighted by Gasteiger charge is -2.09. The number of amides is 1. The molecule has 0 fully saturated rings. The largest absolute Gasteiger partial charge is 0.393 e. The lowest BCUT2D eigenvalue weighted by molar-refractivity contribution is 0.0962. The number of hydrazine groups is 1. The van der Waals surface area contributed by atoms with E-state index in [1.807, 2.05) is 0 Å². The number of nitrogens with one attached hydrogen (secondary N) is 2. The molecule has 0 spiro atoms. The van der Waals surface area contributed by atoms with E-state index in [-0.39, 0.29) is 22.6 Å². The van der Waals surface area contributed by atoms with Crippen LogP contribution in [0.3, 0.4) is 0 Å². The highest BCUT2D eigenvalue weighted by atomic mass is 35.5. The molecule has 0 saturated carbocycles. The van der Waals surface area contributed by atoms with Gasteiger partial charge in [-0.15, -0.1) is 0 Å². The summed E-state index contributed by atoms with van der Waals surface area (Å²) in [4.78, 5) is 23.0. The predicted molar refractivity (Wildman–Crippen MR) is 66.8 cm³/mol. The monoisotopic (exact) mass is 264 g/mol. The van der Waals surface area contributed by atoms with Gasteiger partial charge < -0.3 is 5.73 Å². The van der Waals surface area contributed by atoms with Gasteiger partial charge in [0.15, 0.2) is 11.0 Å². The minimum atomic E-state index is -0.364. The van der Waals surface area contributed by atoms with Gasteiger partial charge in [0.05, 0.1) is 5.56 Å². The third kappa shape index (κ3) is 2.64. The fourth-order valence-electron chi connectivity index (χ4n) is 1.16. The summed E-state index contributed by atoms with van der Waals surface area (Å²) in [7, 11) is 0. The number of nitrogen functional groups attached to an aromatic ring is 1. The van der Waals surface area contributed by atoms with Crippen LogP contribution in [-0.2, 0) is 0 Å². The van der Waals surface area contributed by atoms with Crippen LogP contribution < -0.4 is 16.6 Å². The van der Waals surface area contributed by atoms with E-state index in [0.29, 0.717) is 5.56 Å². The lowest BCUT2D eigenvalue weighted by Crippen LogP contribution is -2.30. The molecule has 0 saturated heterocycles. The Balaban J connectivity index is 2.04. The second-order valence-corrected chi connectivity index (χ2v) is 3.61. The van der Waals surface area contributed by atoms with Crippen molar-refractivity contribution in [1.82, 2.24) is 20.4 Å². The SMILES string of the molecule is Nc1c(Cl)ncnc1NNC(=O)c1cccnc1. The van der Waals surface area contributed by atoms with E-state index >= 15 is 0 Å². The molecule has 0 unspecified atom stereocenters. The maximum absolute atomic E-state index is 11.7. The minimum absolute atomic E-state index is 0.114. The fraction of sp³-hybridized carbons (Fsp3) is 0. The van der Waals surface area contributed by atoms with Crippen LogP contribution in [0.5, 0.6) is 0 Å². The van der Waals surface area contributed by atoms with Crippen molar-refractivity contribution < 1.29 is 4.79 Å². The number of rotatable bonds is 3. The van der Waals surface area contributed by atoms with Gasteiger partial charge in [-0.3, -0.25) is 20.6 Å². The van der Waals surface area contributed by atoms with E-state index in [1.165, 1.54) is 12.5 Å². The molecule has 8 heteroatoms. The third-order valence-electron chi connectivity index (χ3n) is 2.05. The minimum Gasteiger partial charge on any atom is -0.393 e. The quantitative estimate of drug-likeness (QED) is 0.561. The Morgan fingerprint density at radius 3 is 2.94 bits per heavy atom. The number of hydrogen-bond donors (Lipinski definition) is 3. The standard InChI is InChI=1S/C10H9ClN6O/c11-8-7(12)9(15-5-14-8)16-17-10(18)6-2-1-3-13-4-6/h1-5H,12H2,(H,17,18)(H,14,15,16). The summed E-state index contributed by atoms with van der Waals surface area (Å²) in [5.41, 5.74) is 11.2. The summed E-state index contributed by atoms with van der Waals surface area (Å²) in [5.74, 6) is -0.135. The van der Waals surface area contributed by atoms with E-state index in [9.17, 15) is 4.79 Å². The smallest absolute Gasteiger partial charge is 0.271 e. The van der Waals surface area contributed by atoms with Gasteiger partial charge in [-0.25, -0.2) is 9.97 Å². The number of carbonyl (C=O) groups is 1. The van der Waals surface area contributed by atoms with Crippen molar-refractivity contribution >= 4 is 29.0 Å². The van der Waals surface area contributed by atoms with Crippen LogP contribution in [0.2, 0.25) is 5.15 Å². The topological polar surface area (TPSA) is 106 Å². The van der Waals surface area contributed by atoms with Crippen molar-refractivity contribution in [3.05, 3.63) is 41.6 Å². The molecule has 0 aliphatic rings. The number of anilines is 2. The molecule has 0 aromatic carbocycles. The highest BCUT2D eigenvalue weighted by molar-refractivity contribution is 6.32. The molecule has 7 nitrogen and oxygen atoms in total. The van der Waals surface area contributed by atoms with Gasteiger partial charge in [-0.2, -0.15) is 0 Å². The van der Waals surface area contributed by atoms with Crippen LogP contribution in [0.4, 0.5) is 11.5 Å². The molecule has 2 rings (SSSR count). The maximum atomic E-state index is 11.7. The van der Waals surface area contributed by atoms with Gasteiger partial charge in [0.25, 0.3) is 5.91 Å². The Labute approximate surface area is 107 Å². The zero-order valence-corrected chi connectivity index (χ0v) is 9.85. The summed E-state index contributed by atoms with van der Waals surface area (Å²) in [5, 5.41) is 0.114. The van der Waals surface area contributed by atoms with Crippen LogP contribution >= 0.6 is 11.6 Å². The predicted octanol–water partition coefficient (Wildman–Crippen LogP) is 0.864. The van der Waals surface area contributed by atoms with Gasteiger partial charge in [0, 0.05) is 12.4 Å². The number of nitrogens with zero attached hydrogens (tertiary/aromatic N) is 3. The van der Waals surface area contributed by atoms with Crippen molar-refractivity contribution in [3.8, 4) is 0 Å². The normalized spacial score (nSPS) is 9.83. The summed E-state index contributed by atoms with van der Waals surface area (Å²) >= 11 is 5.71. The van der Waals surface area contributed by atoms with Crippen LogP contribution in [0.1, 0.15) is 10.4 Å². The number of halogens is 1. The molecule has 0 radical (unpaired) electrons. The lowest BCUT2D eigenvalue weighted by atomic mass is 10.3. The van der Waals surface area contributed by atoms with Gasteiger partial charge >= 0.3 is 0 Å². The molecule has 4 N–H and O–H groups in total. The first-order valence-electron chi connectivity index (χ1n) is 4.91. The van der Waals surface area contributed by atoms with Crippen LogP contribution in [0, 0.1) is 0 Å². The third-order valence-corrected chi connectivity index (χ3v) is 2.35. The van der Waals surface area contributed by atoms with Gasteiger partial charge in [0.2, 0.25) is 0 Å². The second-order valence-electron chi connectivity index (χ2n) is 3.25. The van der Waals surface area contributed by atoms with E-state index in [1.54, 1.807) is 18.3 Å². The highest BCUT2D eigenvalue weighted by Gasteiger charge is 2.08. The zero-order chi connectivity index (χ0) is 13.0. The first-order valence-corrected chi connectivity index (χ1v) is 5.28. The number of aromatic nitrogens is 3. The van der Waals surface area contributed by atoms with E-state index in [4.69, 9.17) is 17.3 Å². The first-order chi connectivity index (χ1) is 8.68. The summed E-state index contributed by atoms with van der Waals surface area (Å²) < 4.78 is 0. The van der Waals surface area contributed by atoms with Crippen molar-refractivity contribution in [2.45, 2.75) is 0 Å².